The Morgan fingerprint density at radius 2 is 1.23 bits per heavy atom. The van der Waals surface area contributed by atoms with E-state index in [1.54, 1.807) is 0 Å². The second-order valence-electron chi connectivity index (χ2n) is 6.76. The summed E-state index contributed by atoms with van der Waals surface area (Å²) in [6.07, 6.45) is 0. The highest BCUT2D eigenvalue weighted by atomic mass is 33.1. The van der Waals surface area contributed by atoms with E-state index < -0.39 is 8.87 Å². The lowest BCUT2D eigenvalue weighted by Crippen LogP contribution is -1.93. The molecule has 6 aromatic rings. The van der Waals surface area contributed by atoms with Crippen LogP contribution in [-0.4, -0.2) is 18.4 Å². The lowest BCUT2D eigenvalue weighted by molar-refractivity contribution is 0.610. The van der Waals surface area contributed by atoms with Gasteiger partial charge in [-0.15, -0.1) is 22.7 Å². The van der Waals surface area contributed by atoms with Crippen LogP contribution in [0.15, 0.2) is 81.5 Å². The summed E-state index contributed by atoms with van der Waals surface area (Å²) < 4.78 is 28.7. The van der Waals surface area contributed by atoms with Gasteiger partial charge in [0.2, 0.25) is 4.34 Å². The minimum Gasteiger partial charge on any atom is -0.228 e. The van der Waals surface area contributed by atoms with E-state index in [0.29, 0.717) is 4.34 Å². The minimum atomic E-state index is -3.67. The highest BCUT2D eigenvalue weighted by molar-refractivity contribution is 8.72. The fourth-order valence-corrected chi connectivity index (χ4v) is 9.38. The first-order valence-corrected chi connectivity index (χ1v) is 13.5. The van der Waals surface area contributed by atoms with Gasteiger partial charge < -0.3 is 0 Å². The molecule has 0 radical (unpaired) electrons. The number of fused-ring (bicyclic) bond motifs is 6. The Balaban J connectivity index is 1.44. The Morgan fingerprint density at radius 3 is 1.90 bits per heavy atom. The van der Waals surface area contributed by atoms with Crippen LogP contribution < -0.4 is 0 Å². The lowest BCUT2D eigenvalue weighted by atomic mass is 10.1. The number of benzene rings is 4. The quantitative estimate of drug-likeness (QED) is 0.273. The maximum Gasteiger partial charge on any atom is 0.263 e. The third-order valence-electron chi connectivity index (χ3n) is 4.92. The summed E-state index contributed by atoms with van der Waals surface area (Å²) in [4.78, 5) is 9.13. The first kappa shape index (κ1) is 18.3. The molecule has 0 atom stereocenters. The van der Waals surface area contributed by atoms with Crippen molar-refractivity contribution in [1.82, 2.24) is 9.97 Å². The minimum absolute atomic E-state index is 0.114. The molecule has 6 rings (SSSR count). The van der Waals surface area contributed by atoms with Crippen LogP contribution in [0.2, 0.25) is 0 Å². The molecule has 4 nitrogen and oxygen atoms in total. The summed E-state index contributed by atoms with van der Waals surface area (Å²) >= 11 is 2.60. The average molecular weight is 465 g/mol. The van der Waals surface area contributed by atoms with E-state index in [1.807, 2.05) is 72.8 Å². The van der Waals surface area contributed by atoms with Gasteiger partial charge in [0.25, 0.3) is 8.87 Å². The molecular weight excluding hydrogens is 453 g/mol. The predicted molar refractivity (Wildman–Crippen MR) is 127 cm³/mol. The van der Waals surface area contributed by atoms with Gasteiger partial charge in [-0.2, -0.15) is 0 Å². The van der Waals surface area contributed by atoms with Gasteiger partial charge >= 0.3 is 0 Å². The van der Waals surface area contributed by atoms with Crippen molar-refractivity contribution < 1.29 is 8.42 Å². The topological polar surface area (TPSA) is 59.9 Å². The zero-order valence-electron chi connectivity index (χ0n) is 15.3. The van der Waals surface area contributed by atoms with Crippen molar-refractivity contribution in [2.24, 2.45) is 0 Å². The summed E-state index contributed by atoms with van der Waals surface area (Å²) in [5.41, 5.74) is 1.57. The predicted octanol–water partition coefficient (Wildman–Crippen LogP) is 6.69. The van der Waals surface area contributed by atoms with Gasteiger partial charge in [0.15, 0.2) is 4.34 Å². The molecule has 0 saturated carbocycles. The van der Waals surface area contributed by atoms with Crippen molar-refractivity contribution in [3.05, 3.63) is 72.8 Å². The van der Waals surface area contributed by atoms with E-state index >= 15 is 0 Å². The largest absolute Gasteiger partial charge is 0.263 e. The summed E-state index contributed by atoms with van der Waals surface area (Å²) in [6.45, 7) is 0. The van der Waals surface area contributed by atoms with E-state index in [9.17, 15) is 8.42 Å². The molecule has 8 heteroatoms. The van der Waals surface area contributed by atoms with Crippen LogP contribution in [0.4, 0.5) is 0 Å². The molecule has 0 spiro atoms. The van der Waals surface area contributed by atoms with E-state index in [1.165, 1.54) is 22.7 Å². The molecule has 0 aliphatic carbocycles. The zero-order valence-corrected chi connectivity index (χ0v) is 18.5. The fraction of sp³-hybridized carbons (Fsp3) is 0. The highest BCUT2D eigenvalue weighted by Crippen LogP contribution is 2.41. The third kappa shape index (κ3) is 2.91. The van der Waals surface area contributed by atoms with Crippen molar-refractivity contribution in [2.75, 3.05) is 0 Å². The Labute approximate surface area is 183 Å². The maximum atomic E-state index is 13.1. The number of hydrogen-bond donors (Lipinski definition) is 0. The second-order valence-corrected chi connectivity index (χ2v) is 13.0. The number of nitrogens with zero attached hydrogens (tertiary/aromatic N) is 2. The fourth-order valence-electron chi connectivity index (χ4n) is 3.55. The molecule has 0 aliphatic rings. The molecule has 0 aliphatic heterocycles. The molecule has 4 aromatic carbocycles. The van der Waals surface area contributed by atoms with Crippen molar-refractivity contribution in [1.29, 1.82) is 0 Å². The average Bonchev–Trinajstić information content (AvgIpc) is 3.38. The number of hydrogen-bond acceptors (Lipinski definition) is 7. The number of aromatic nitrogens is 2. The Kier molecular flexibility index (Phi) is 4.11. The molecule has 0 saturated heterocycles. The van der Waals surface area contributed by atoms with Crippen molar-refractivity contribution in [3.63, 3.8) is 0 Å². The zero-order chi connectivity index (χ0) is 20.3. The number of rotatable bonds is 3. The van der Waals surface area contributed by atoms with Crippen LogP contribution in [0.3, 0.4) is 0 Å². The molecule has 0 bridgehead atoms. The lowest BCUT2D eigenvalue weighted by Gasteiger charge is -1.97. The van der Waals surface area contributed by atoms with Gasteiger partial charge in [-0.25, -0.2) is 18.4 Å². The van der Waals surface area contributed by atoms with Crippen LogP contribution in [0.25, 0.3) is 42.0 Å². The molecular formula is C22H12N2O2S4. The molecule has 146 valence electrons. The van der Waals surface area contributed by atoms with E-state index in [4.69, 9.17) is 0 Å². The van der Waals surface area contributed by atoms with E-state index in [0.717, 1.165) is 52.8 Å². The Morgan fingerprint density at radius 1 is 0.667 bits per heavy atom. The number of thiazole rings is 2. The highest BCUT2D eigenvalue weighted by Gasteiger charge is 2.24. The van der Waals surface area contributed by atoms with Gasteiger partial charge in [0.05, 0.1) is 20.4 Å². The molecule has 0 unspecified atom stereocenters. The summed E-state index contributed by atoms with van der Waals surface area (Å²) in [7, 11) is -2.89. The first-order chi connectivity index (χ1) is 14.6. The van der Waals surface area contributed by atoms with Gasteiger partial charge in [-0.3, -0.25) is 0 Å². The van der Waals surface area contributed by atoms with Crippen molar-refractivity contribution in [3.8, 4) is 0 Å². The summed E-state index contributed by atoms with van der Waals surface area (Å²) in [5.74, 6) is 0. The van der Waals surface area contributed by atoms with Gasteiger partial charge in [-0.1, -0.05) is 60.7 Å². The monoisotopic (exact) mass is 464 g/mol. The molecule has 0 amide bonds. The van der Waals surface area contributed by atoms with Crippen LogP contribution >= 0.6 is 33.5 Å². The van der Waals surface area contributed by atoms with E-state index in [-0.39, 0.29) is 4.34 Å². The SMILES string of the molecule is O=S(=O)(Sc1nc2c(ccc3ccccc32)s1)c1nc2c(ccc3ccccc32)s1. The van der Waals surface area contributed by atoms with Gasteiger partial charge in [-0.05, 0) is 22.9 Å². The summed E-state index contributed by atoms with van der Waals surface area (Å²) in [5, 5.41) is 4.13. The normalized spacial score (nSPS) is 12.4. The maximum absolute atomic E-state index is 13.1. The second kappa shape index (κ2) is 6.75. The molecule has 0 N–H and O–H groups in total. The van der Waals surface area contributed by atoms with Crippen LogP contribution in [0.1, 0.15) is 0 Å². The van der Waals surface area contributed by atoms with Gasteiger partial charge in [0.1, 0.15) is 0 Å². The van der Waals surface area contributed by atoms with Gasteiger partial charge in [0, 0.05) is 21.6 Å². The smallest absolute Gasteiger partial charge is 0.228 e. The van der Waals surface area contributed by atoms with Crippen LogP contribution in [0.5, 0.6) is 0 Å². The van der Waals surface area contributed by atoms with Crippen molar-refractivity contribution in [2.45, 2.75) is 8.68 Å². The van der Waals surface area contributed by atoms with Crippen LogP contribution in [-0.2, 0) is 8.87 Å². The third-order valence-corrected chi connectivity index (χ3v) is 11.2. The molecule has 2 heterocycles. The Hall–Kier alpha value is -2.52. The van der Waals surface area contributed by atoms with Crippen molar-refractivity contribution >= 4 is 84.3 Å². The Bertz CT molecular complexity index is 1700. The van der Waals surface area contributed by atoms with Crippen LogP contribution in [0, 0.1) is 0 Å². The molecule has 30 heavy (non-hydrogen) atoms. The standard InChI is InChI=1S/C22H12N2O2S4/c25-30(26,22-24-20-16-8-4-2-6-14(16)10-12-18(20)28-22)29-21-23-19-15-7-3-1-5-13(15)9-11-17(19)27-21/h1-12H. The first-order valence-electron chi connectivity index (χ1n) is 9.10. The molecule has 2 aromatic heterocycles. The molecule has 0 fully saturated rings. The van der Waals surface area contributed by atoms with E-state index in [2.05, 4.69) is 9.97 Å². The summed E-state index contributed by atoms with van der Waals surface area (Å²) in [6, 6.07) is 23.8.